The van der Waals surface area contributed by atoms with Crippen molar-refractivity contribution in [2.45, 2.75) is 83.6 Å². The van der Waals surface area contributed by atoms with Gasteiger partial charge in [-0.15, -0.1) is 0 Å². The summed E-state index contributed by atoms with van der Waals surface area (Å²) in [6.07, 6.45) is -1.20. The first-order valence-electron chi connectivity index (χ1n) is 15.8. The van der Waals surface area contributed by atoms with Crippen molar-refractivity contribution in [2.75, 3.05) is 6.54 Å². The fraction of sp³-hybridized carbons (Fsp3) is 0.441. The maximum atomic E-state index is 14.4. The zero-order valence-corrected chi connectivity index (χ0v) is 27.8. The number of carboxylic acid groups (broad SMARTS) is 1. The zero-order chi connectivity index (χ0) is 36.5. The number of aldehydes is 1. The number of ether oxygens (including phenoxy) is 1. The molecule has 2 rings (SSSR count). The van der Waals surface area contributed by atoms with Gasteiger partial charge in [-0.2, -0.15) is 0 Å². The quantitative estimate of drug-likeness (QED) is 0.0915. The first-order valence-corrected chi connectivity index (χ1v) is 15.8. The van der Waals surface area contributed by atoms with Crippen molar-refractivity contribution >= 4 is 42.0 Å². The van der Waals surface area contributed by atoms with Crippen LogP contribution in [0.25, 0.3) is 0 Å². The third-order valence-corrected chi connectivity index (χ3v) is 7.37. The molecule has 15 nitrogen and oxygen atoms in total. The van der Waals surface area contributed by atoms with Crippen molar-refractivity contribution in [3.05, 3.63) is 65.7 Å². The predicted molar refractivity (Wildman–Crippen MR) is 177 cm³/mol. The highest BCUT2D eigenvalue weighted by atomic mass is 16.6. The van der Waals surface area contributed by atoms with Gasteiger partial charge in [-0.25, -0.2) is 9.69 Å². The van der Waals surface area contributed by atoms with Crippen molar-refractivity contribution in [3.8, 4) is 5.75 Å². The summed E-state index contributed by atoms with van der Waals surface area (Å²) in [5, 5.41) is 26.3. The third kappa shape index (κ3) is 13.4. The lowest BCUT2D eigenvalue weighted by Gasteiger charge is -2.34. The minimum Gasteiger partial charge on any atom is -0.508 e. The molecule has 0 fully saturated rings. The first-order chi connectivity index (χ1) is 23.3. The fourth-order valence-electron chi connectivity index (χ4n) is 4.86. The number of hydrogen-bond donors (Lipinski definition) is 6. The summed E-state index contributed by atoms with van der Waals surface area (Å²) in [6, 6.07) is 8.87. The molecule has 0 bridgehead atoms. The van der Waals surface area contributed by atoms with Crippen molar-refractivity contribution in [2.24, 2.45) is 11.7 Å². The Labute approximate surface area is 284 Å². The normalized spacial score (nSPS) is 13.2. The van der Waals surface area contributed by atoms with E-state index in [1.54, 1.807) is 56.3 Å². The SMILES string of the molecule is CC(=O)N[C@@H](Cc1ccc(O)cc1)C(=O)N[C@H](C(=O)N(C(=O)OCc1ccccc1)[C@@H](CCCCN)C(=O)NC(C=O)CC(=O)O)C(C)C. The lowest BCUT2D eigenvalue weighted by Crippen LogP contribution is -2.61. The highest BCUT2D eigenvalue weighted by molar-refractivity contribution is 6.02. The Morgan fingerprint density at radius 3 is 2.10 bits per heavy atom. The number of carboxylic acids is 1. The Hall–Kier alpha value is -5.31. The van der Waals surface area contributed by atoms with Crippen LogP contribution >= 0.6 is 0 Å². The van der Waals surface area contributed by atoms with Gasteiger partial charge in [-0.3, -0.25) is 24.0 Å². The van der Waals surface area contributed by atoms with Crippen LogP contribution in [-0.4, -0.2) is 87.8 Å². The van der Waals surface area contributed by atoms with Crippen LogP contribution in [-0.2, 0) is 46.5 Å². The Bertz CT molecular complexity index is 1430. The number of hydrogen-bond acceptors (Lipinski definition) is 10. The van der Waals surface area contributed by atoms with Crippen LogP contribution < -0.4 is 21.7 Å². The second kappa shape index (κ2) is 20.1. The molecule has 49 heavy (non-hydrogen) atoms. The molecule has 15 heteroatoms. The molecule has 0 aliphatic rings. The molecule has 5 amide bonds. The molecule has 0 aliphatic carbocycles. The smallest absolute Gasteiger partial charge is 0.417 e. The molecule has 1 unspecified atom stereocenters. The molecule has 4 atom stereocenters. The number of nitrogens with two attached hydrogens (primary N) is 1. The predicted octanol–water partition coefficient (Wildman–Crippen LogP) is 1.40. The summed E-state index contributed by atoms with van der Waals surface area (Å²) in [5.74, 6) is -5.31. The Balaban J connectivity index is 2.52. The molecular formula is C34H45N5O10. The van der Waals surface area contributed by atoms with E-state index >= 15 is 0 Å². The molecule has 0 heterocycles. The third-order valence-electron chi connectivity index (χ3n) is 7.37. The van der Waals surface area contributed by atoms with Gasteiger partial charge in [-0.1, -0.05) is 56.3 Å². The number of carbonyl (C=O) groups is 7. The van der Waals surface area contributed by atoms with Gasteiger partial charge in [0.1, 0.15) is 36.8 Å². The maximum absolute atomic E-state index is 14.4. The minimum absolute atomic E-state index is 0.00136. The van der Waals surface area contributed by atoms with Crippen LogP contribution in [0.5, 0.6) is 5.75 Å². The molecule has 7 N–H and O–H groups in total. The molecule has 0 aliphatic heterocycles. The number of phenols is 1. The number of amides is 5. The highest BCUT2D eigenvalue weighted by Gasteiger charge is 2.41. The second-order valence-corrected chi connectivity index (χ2v) is 11.8. The van der Waals surface area contributed by atoms with E-state index < -0.39 is 72.2 Å². The average molecular weight is 684 g/mol. The lowest BCUT2D eigenvalue weighted by molar-refractivity contribution is -0.144. The van der Waals surface area contributed by atoms with Crippen molar-refractivity contribution in [3.63, 3.8) is 0 Å². The van der Waals surface area contributed by atoms with E-state index in [4.69, 9.17) is 10.5 Å². The van der Waals surface area contributed by atoms with Crippen molar-refractivity contribution in [1.29, 1.82) is 0 Å². The molecule has 0 radical (unpaired) electrons. The monoisotopic (exact) mass is 683 g/mol. The minimum atomic E-state index is -1.58. The number of nitrogens with one attached hydrogen (secondary N) is 3. The topological polar surface area (TPSA) is 235 Å². The first kappa shape index (κ1) is 39.9. The molecule has 2 aromatic carbocycles. The standard InChI is InChI=1S/C34H45N5O10/c1-21(2)30(38-31(45)27(36-22(3)41)17-23-12-14-26(42)15-13-23)33(47)39(34(48)49-20-24-9-5-4-6-10-24)28(11-7-8-16-35)32(46)37-25(19-40)18-29(43)44/h4-6,9-10,12-15,19,21,25,27-28,30,42H,7-8,11,16-18,20,35H2,1-3H3,(H,36,41)(H,37,46)(H,38,45)(H,43,44)/t25?,27-,28-,30-/m0/s1. The molecule has 0 aromatic heterocycles. The summed E-state index contributed by atoms with van der Waals surface area (Å²) >= 11 is 0. The molecule has 0 saturated heterocycles. The van der Waals surface area contributed by atoms with Crippen LogP contribution in [0.4, 0.5) is 4.79 Å². The number of nitrogens with zero attached hydrogens (tertiary/aromatic N) is 1. The molecule has 2 aromatic rings. The summed E-state index contributed by atoms with van der Waals surface area (Å²) in [4.78, 5) is 90.9. The van der Waals surface area contributed by atoms with E-state index in [-0.39, 0.29) is 44.4 Å². The lowest BCUT2D eigenvalue weighted by atomic mass is 9.98. The Morgan fingerprint density at radius 1 is 0.898 bits per heavy atom. The highest BCUT2D eigenvalue weighted by Crippen LogP contribution is 2.19. The van der Waals surface area contributed by atoms with Gasteiger partial charge >= 0.3 is 12.1 Å². The molecule has 0 spiro atoms. The van der Waals surface area contributed by atoms with E-state index in [1.807, 2.05) is 0 Å². The number of rotatable bonds is 19. The Morgan fingerprint density at radius 2 is 1.55 bits per heavy atom. The number of benzene rings is 2. The Kier molecular flexibility index (Phi) is 16.4. The van der Waals surface area contributed by atoms with Gasteiger partial charge in [0.2, 0.25) is 17.7 Å². The van der Waals surface area contributed by atoms with Gasteiger partial charge in [0.15, 0.2) is 0 Å². The zero-order valence-electron chi connectivity index (χ0n) is 27.8. The largest absolute Gasteiger partial charge is 0.508 e. The molecular weight excluding hydrogens is 638 g/mol. The second-order valence-electron chi connectivity index (χ2n) is 11.8. The number of unbranched alkanes of at least 4 members (excludes halogenated alkanes) is 1. The molecule has 266 valence electrons. The average Bonchev–Trinajstić information content (AvgIpc) is 3.05. The van der Waals surface area contributed by atoms with E-state index in [2.05, 4.69) is 16.0 Å². The number of phenolic OH excluding ortho intramolecular Hbond substituents is 1. The van der Waals surface area contributed by atoms with Gasteiger partial charge < -0.3 is 41.4 Å². The summed E-state index contributed by atoms with van der Waals surface area (Å²) in [7, 11) is 0. The van der Waals surface area contributed by atoms with E-state index in [0.29, 0.717) is 22.4 Å². The van der Waals surface area contributed by atoms with Crippen LogP contribution in [0, 0.1) is 5.92 Å². The van der Waals surface area contributed by atoms with Gasteiger partial charge in [-0.05, 0) is 55.0 Å². The van der Waals surface area contributed by atoms with Gasteiger partial charge in [0, 0.05) is 13.3 Å². The van der Waals surface area contributed by atoms with E-state index in [1.165, 1.54) is 19.1 Å². The summed E-state index contributed by atoms with van der Waals surface area (Å²) < 4.78 is 5.48. The summed E-state index contributed by atoms with van der Waals surface area (Å²) in [6.45, 7) is 4.37. The van der Waals surface area contributed by atoms with Crippen molar-refractivity contribution < 1.29 is 48.5 Å². The number of carbonyl (C=O) groups excluding carboxylic acids is 6. The molecule has 0 saturated carbocycles. The fourth-order valence-corrected chi connectivity index (χ4v) is 4.86. The van der Waals surface area contributed by atoms with Crippen LogP contribution in [0.15, 0.2) is 54.6 Å². The van der Waals surface area contributed by atoms with Gasteiger partial charge in [0.05, 0.1) is 12.5 Å². The van der Waals surface area contributed by atoms with E-state index in [9.17, 15) is 43.8 Å². The van der Waals surface area contributed by atoms with E-state index in [0.717, 1.165) is 0 Å². The maximum Gasteiger partial charge on any atom is 0.417 e. The number of aromatic hydroxyl groups is 1. The number of aliphatic carboxylic acids is 1. The van der Waals surface area contributed by atoms with Crippen molar-refractivity contribution in [1.82, 2.24) is 20.9 Å². The van der Waals surface area contributed by atoms with Crippen LogP contribution in [0.3, 0.4) is 0 Å². The van der Waals surface area contributed by atoms with Crippen LogP contribution in [0.2, 0.25) is 0 Å². The summed E-state index contributed by atoms with van der Waals surface area (Å²) in [5.41, 5.74) is 6.82. The van der Waals surface area contributed by atoms with Gasteiger partial charge in [0.25, 0.3) is 5.91 Å². The van der Waals surface area contributed by atoms with Crippen LogP contribution in [0.1, 0.15) is 57.6 Å². The number of imide groups is 1.